The highest BCUT2D eigenvalue weighted by Crippen LogP contribution is 2.24. The zero-order valence-corrected chi connectivity index (χ0v) is 11.2. The molecule has 4 nitrogen and oxygen atoms in total. The van der Waals surface area contributed by atoms with Gasteiger partial charge in [0.15, 0.2) is 0 Å². The Bertz CT molecular complexity index is 233. The number of nitrogens with two attached hydrogens (primary N) is 1. The minimum atomic E-state index is 0.147. The Morgan fingerprint density at radius 1 is 1.47 bits per heavy atom. The molecule has 0 heterocycles. The molecule has 1 aliphatic rings. The highest BCUT2D eigenvalue weighted by Gasteiger charge is 2.25. The summed E-state index contributed by atoms with van der Waals surface area (Å²) in [6, 6.07) is 0.808. The Labute approximate surface area is 105 Å². The lowest BCUT2D eigenvalue weighted by molar-refractivity contribution is -0.121. The van der Waals surface area contributed by atoms with Gasteiger partial charge in [-0.3, -0.25) is 4.79 Å². The summed E-state index contributed by atoms with van der Waals surface area (Å²) in [4.78, 5) is 11.6. The third-order valence-electron chi connectivity index (χ3n) is 3.74. The van der Waals surface area contributed by atoms with Gasteiger partial charge in [0, 0.05) is 25.0 Å². The second-order valence-electron chi connectivity index (χ2n) is 5.11. The quantitative estimate of drug-likeness (QED) is 0.623. The van der Waals surface area contributed by atoms with Crippen molar-refractivity contribution in [1.29, 1.82) is 0 Å². The molecule has 0 aromatic carbocycles. The summed E-state index contributed by atoms with van der Waals surface area (Å²) in [5.74, 6) is 0.752. The summed E-state index contributed by atoms with van der Waals surface area (Å²) in [6.45, 7) is 5.64. The lowest BCUT2D eigenvalue weighted by atomic mass is 10.0. The van der Waals surface area contributed by atoms with E-state index in [2.05, 4.69) is 17.6 Å². The van der Waals surface area contributed by atoms with Gasteiger partial charge in [-0.1, -0.05) is 13.3 Å². The maximum atomic E-state index is 11.6. The van der Waals surface area contributed by atoms with Gasteiger partial charge in [0.25, 0.3) is 0 Å². The summed E-state index contributed by atoms with van der Waals surface area (Å²) in [6.07, 6.45) is 5.25. The van der Waals surface area contributed by atoms with E-state index in [4.69, 9.17) is 5.73 Å². The zero-order chi connectivity index (χ0) is 12.7. The standard InChI is InChI=1S/C13H27N3O/c1-3-10(2)16-13(17)7-8-15-12-6-4-5-11(12)9-14/h10-12,15H,3-9,14H2,1-2H3,(H,16,17). The summed E-state index contributed by atoms with van der Waals surface area (Å²) in [7, 11) is 0. The number of hydrogen-bond acceptors (Lipinski definition) is 3. The van der Waals surface area contributed by atoms with Gasteiger partial charge in [0.2, 0.25) is 5.91 Å². The molecule has 100 valence electrons. The minimum Gasteiger partial charge on any atom is -0.354 e. The molecular weight excluding hydrogens is 214 g/mol. The first kappa shape index (κ1) is 14.5. The van der Waals surface area contributed by atoms with E-state index >= 15 is 0 Å². The Balaban J connectivity index is 2.12. The predicted molar refractivity (Wildman–Crippen MR) is 70.7 cm³/mol. The molecule has 0 aromatic heterocycles. The van der Waals surface area contributed by atoms with E-state index < -0.39 is 0 Å². The fourth-order valence-electron chi connectivity index (χ4n) is 2.41. The first-order chi connectivity index (χ1) is 8.17. The van der Waals surface area contributed by atoms with Gasteiger partial charge >= 0.3 is 0 Å². The van der Waals surface area contributed by atoms with Gasteiger partial charge < -0.3 is 16.4 Å². The van der Waals surface area contributed by atoms with Crippen molar-refractivity contribution in [2.45, 2.75) is 58.0 Å². The highest BCUT2D eigenvalue weighted by molar-refractivity contribution is 5.76. The lowest BCUT2D eigenvalue weighted by Gasteiger charge is -2.19. The van der Waals surface area contributed by atoms with E-state index in [0.29, 0.717) is 18.4 Å². The van der Waals surface area contributed by atoms with Crippen LogP contribution in [0.3, 0.4) is 0 Å². The number of carbonyl (C=O) groups is 1. The van der Waals surface area contributed by atoms with Gasteiger partial charge in [-0.25, -0.2) is 0 Å². The van der Waals surface area contributed by atoms with Gasteiger partial charge in [-0.15, -0.1) is 0 Å². The van der Waals surface area contributed by atoms with Gasteiger partial charge in [-0.05, 0) is 38.6 Å². The Morgan fingerprint density at radius 3 is 2.88 bits per heavy atom. The normalized spacial score (nSPS) is 25.8. The van der Waals surface area contributed by atoms with Gasteiger partial charge in [0.05, 0.1) is 0 Å². The molecule has 4 heteroatoms. The van der Waals surface area contributed by atoms with Crippen molar-refractivity contribution in [3.8, 4) is 0 Å². The summed E-state index contributed by atoms with van der Waals surface area (Å²) in [5, 5.41) is 6.44. The van der Waals surface area contributed by atoms with E-state index in [1.807, 2.05) is 6.92 Å². The topological polar surface area (TPSA) is 67.2 Å². The lowest BCUT2D eigenvalue weighted by Crippen LogP contribution is -2.39. The minimum absolute atomic E-state index is 0.147. The molecule has 4 N–H and O–H groups in total. The van der Waals surface area contributed by atoms with Crippen molar-refractivity contribution in [3.05, 3.63) is 0 Å². The van der Waals surface area contributed by atoms with Crippen LogP contribution in [-0.4, -0.2) is 31.1 Å². The second-order valence-corrected chi connectivity index (χ2v) is 5.11. The molecule has 3 atom stereocenters. The van der Waals surface area contributed by atoms with Crippen molar-refractivity contribution in [2.75, 3.05) is 13.1 Å². The van der Waals surface area contributed by atoms with Crippen LogP contribution < -0.4 is 16.4 Å². The van der Waals surface area contributed by atoms with E-state index in [1.54, 1.807) is 0 Å². The molecule has 3 unspecified atom stereocenters. The molecular formula is C13H27N3O. The number of rotatable bonds is 7. The Morgan fingerprint density at radius 2 is 2.24 bits per heavy atom. The van der Waals surface area contributed by atoms with Crippen LogP contribution in [0.4, 0.5) is 0 Å². The van der Waals surface area contributed by atoms with E-state index in [0.717, 1.165) is 19.5 Å². The maximum absolute atomic E-state index is 11.6. The van der Waals surface area contributed by atoms with Crippen LogP contribution in [0.1, 0.15) is 46.0 Å². The van der Waals surface area contributed by atoms with Crippen LogP contribution in [0.25, 0.3) is 0 Å². The summed E-state index contributed by atoms with van der Waals surface area (Å²) >= 11 is 0. The number of hydrogen-bond donors (Lipinski definition) is 3. The number of carbonyl (C=O) groups excluding carboxylic acids is 1. The van der Waals surface area contributed by atoms with Crippen molar-refractivity contribution in [3.63, 3.8) is 0 Å². The molecule has 0 bridgehead atoms. The molecule has 17 heavy (non-hydrogen) atoms. The molecule has 0 aromatic rings. The van der Waals surface area contributed by atoms with E-state index in [1.165, 1.54) is 19.3 Å². The van der Waals surface area contributed by atoms with E-state index in [9.17, 15) is 4.79 Å². The first-order valence-corrected chi connectivity index (χ1v) is 6.90. The predicted octanol–water partition coefficient (Wildman–Crippen LogP) is 1.01. The molecule has 0 saturated heterocycles. The highest BCUT2D eigenvalue weighted by atomic mass is 16.1. The van der Waals surface area contributed by atoms with Crippen molar-refractivity contribution in [1.82, 2.24) is 10.6 Å². The second kappa shape index (κ2) is 7.67. The third kappa shape index (κ3) is 5.04. The fraction of sp³-hybridized carbons (Fsp3) is 0.923. The maximum Gasteiger partial charge on any atom is 0.221 e. The molecule has 1 amide bonds. The van der Waals surface area contributed by atoms with Crippen LogP contribution in [0.15, 0.2) is 0 Å². The number of nitrogens with one attached hydrogen (secondary N) is 2. The average Bonchev–Trinajstić information content (AvgIpc) is 2.76. The van der Waals surface area contributed by atoms with Crippen molar-refractivity contribution < 1.29 is 4.79 Å². The molecule has 1 rings (SSSR count). The summed E-state index contributed by atoms with van der Waals surface area (Å²) < 4.78 is 0. The summed E-state index contributed by atoms with van der Waals surface area (Å²) in [5.41, 5.74) is 5.72. The van der Waals surface area contributed by atoms with Crippen LogP contribution in [0, 0.1) is 5.92 Å². The molecule has 1 fully saturated rings. The number of amides is 1. The van der Waals surface area contributed by atoms with Gasteiger partial charge in [-0.2, -0.15) is 0 Å². The molecule has 1 saturated carbocycles. The Hall–Kier alpha value is -0.610. The van der Waals surface area contributed by atoms with Crippen LogP contribution in [0.2, 0.25) is 0 Å². The smallest absolute Gasteiger partial charge is 0.221 e. The monoisotopic (exact) mass is 241 g/mol. The van der Waals surface area contributed by atoms with Crippen LogP contribution in [-0.2, 0) is 4.79 Å². The van der Waals surface area contributed by atoms with Crippen molar-refractivity contribution >= 4 is 5.91 Å². The van der Waals surface area contributed by atoms with E-state index in [-0.39, 0.29) is 11.9 Å². The largest absolute Gasteiger partial charge is 0.354 e. The molecule has 1 aliphatic carbocycles. The first-order valence-electron chi connectivity index (χ1n) is 6.90. The van der Waals surface area contributed by atoms with Crippen LogP contribution in [0.5, 0.6) is 0 Å². The zero-order valence-electron chi connectivity index (χ0n) is 11.2. The SMILES string of the molecule is CCC(C)NC(=O)CCNC1CCCC1CN. The molecule has 0 aliphatic heterocycles. The van der Waals surface area contributed by atoms with Crippen molar-refractivity contribution in [2.24, 2.45) is 11.7 Å². The van der Waals surface area contributed by atoms with Gasteiger partial charge in [0.1, 0.15) is 0 Å². The fourth-order valence-corrected chi connectivity index (χ4v) is 2.41. The average molecular weight is 241 g/mol. The molecule has 0 radical (unpaired) electrons. The Kier molecular flexibility index (Phi) is 6.52. The van der Waals surface area contributed by atoms with Crippen LogP contribution >= 0.6 is 0 Å². The third-order valence-corrected chi connectivity index (χ3v) is 3.74. The molecule has 0 spiro atoms.